The molecule has 0 unspecified atom stereocenters. The van der Waals surface area contributed by atoms with Crippen LogP contribution in [0.15, 0.2) is 82.7 Å². The average Bonchev–Trinajstić information content (AvgIpc) is 3.62. The number of halogens is 1. The van der Waals surface area contributed by atoms with E-state index in [1.54, 1.807) is 17.1 Å². The van der Waals surface area contributed by atoms with E-state index in [1.807, 2.05) is 73.5 Å². The van der Waals surface area contributed by atoms with Gasteiger partial charge in [-0.3, -0.25) is 9.88 Å². The summed E-state index contributed by atoms with van der Waals surface area (Å²) >= 11 is 0. The molecule has 0 amide bonds. The van der Waals surface area contributed by atoms with E-state index in [4.69, 9.17) is 9.15 Å². The van der Waals surface area contributed by atoms with Gasteiger partial charge >= 0.3 is 11.7 Å². The molecule has 0 fully saturated rings. The minimum absolute atomic E-state index is 0. The van der Waals surface area contributed by atoms with Crippen molar-refractivity contribution in [1.29, 1.82) is 0 Å². The van der Waals surface area contributed by atoms with E-state index in [1.165, 1.54) is 11.0 Å². The Kier molecular flexibility index (Phi) is 7.14. The lowest BCUT2D eigenvalue weighted by Crippen LogP contribution is -2.21. The van der Waals surface area contributed by atoms with Gasteiger partial charge in [-0.15, -0.1) is 12.4 Å². The number of benzene rings is 2. The van der Waals surface area contributed by atoms with Crippen molar-refractivity contribution in [2.45, 2.75) is 13.8 Å². The number of rotatable bonds is 8. The molecule has 0 bridgehead atoms. The molecule has 10 nitrogen and oxygen atoms in total. The number of ether oxygens (including phenoxy) is 1. The number of oxazole rings is 1. The molecular formula is C24H24ClN7O3. The van der Waals surface area contributed by atoms with Gasteiger partial charge in [0.15, 0.2) is 5.76 Å². The molecule has 3 aromatic heterocycles. The van der Waals surface area contributed by atoms with E-state index in [0.29, 0.717) is 30.8 Å². The fraction of sp³-hybridized carbons (Fsp3) is 0.167. The lowest BCUT2D eigenvalue weighted by molar-refractivity contribution is 0.151. The molecular weight excluding hydrogens is 470 g/mol. The van der Waals surface area contributed by atoms with Crippen LogP contribution in [0.2, 0.25) is 0 Å². The highest BCUT2D eigenvalue weighted by atomic mass is 35.5. The minimum Gasteiger partial charge on any atom is -0.423 e. The van der Waals surface area contributed by atoms with Gasteiger partial charge in [-0.25, -0.2) is 14.5 Å². The lowest BCUT2D eigenvalue weighted by Gasteiger charge is -2.22. The summed E-state index contributed by atoms with van der Waals surface area (Å²) in [6.07, 6.45) is 6.52. The molecule has 0 saturated heterocycles. The molecule has 0 aliphatic rings. The number of nitrogens with one attached hydrogen (secondary N) is 1. The third-order valence-corrected chi connectivity index (χ3v) is 5.31. The first-order valence-electron chi connectivity index (χ1n) is 10.8. The first-order valence-corrected chi connectivity index (χ1v) is 10.8. The van der Waals surface area contributed by atoms with Crippen LogP contribution >= 0.6 is 12.4 Å². The molecule has 0 aliphatic carbocycles. The Morgan fingerprint density at radius 3 is 2.66 bits per heavy atom. The summed E-state index contributed by atoms with van der Waals surface area (Å²) in [4.78, 5) is 21.2. The molecule has 1 N–H and O–H groups in total. The molecule has 5 rings (SSSR count). The van der Waals surface area contributed by atoms with Crippen LogP contribution in [0, 0.1) is 6.92 Å². The molecule has 0 spiro atoms. The molecule has 5 aromatic rings. The average molecular weight is 494 g/mol. The second-order valence-electron chi connectivity index (χ2n) is 7.54. The number of aryl methyl sites for hydroxylation is 1. The highest BCUT2D eigenvalue weighted by Gasteiger charge is 2.19. The topological polar surface area (TPSA) is 107 Å². The van der Waals surface area contributed by atoms with Crippen LogP contribution in [-0.4, -0.2) is 42.9 Å². The number of aromatic amines is 1. The summed E-state index contributed by atoms with van der Waals surface area (Å²) in [6, 6.07) is 15.8. The van der Waals surface area contributed by atoms with Gasteiger partial charge < -0.3 is 9.15 Å². The molecule has 0 atom stereocenters. The summed E-state index contributed by atoms with van der Waals surface area (Å²) in [5.41, 5.74) is 3.70. The van der Waals surface area contributed by atoms with E-state index in [9.17, 15) is 4.79 Å². The molecule has 0 aliphatic heterocycles. The van der Waals surface area contributed by atoms with Gasteiger partial charge in [-0.2, -0.15) is 14.9 Å². The highest BCUT2D eigenvalue weighted by molar-refractivity contribution is 5.85. The molecule has 180 valence electrons. The van der Waals surface area contributed by atoms with Gasteiger partial charge in [0.1, 0.15) is 13.1 Å². The number of aromatic nitrogens is 6. The number of hydrogen-bond acceptors (Lipinski definition) is 7. The SMILES string of the molecule is CCOCN(c1ncc(-c2cc(-n3cccn3)cc(-n3nc[nH]c3=O)c2)o1)c1ccccc1C.Cl. The van der Waals surface area contributed by atoms with Crippen molar-refractivity contribution >= 4 is 24.1 Å². The Labute approximate surface area is 207 Å². The van der Waals surface area contributed by atoms with Crippen molar-refractivity contribution in [2.24, 2.45) is 0 Å². The molecule has 3 heterocycles. The quantitative estimate of drug-likeness (QED) is 0.322. The predicted molar refractivity (Wildman–Crippen MR) is 134 cm³/mol. The number of H-pyrrole nitrogens is 1. The van der Waals surface area contributed by atoms with Crippen molar-refractivity contribution in [3.63, 3.8) is 0 Å². The third kappa shape index (κ3) is 4.88. The zero-order chi connectivity index (χ0) is 23.5. The normalized spacial score (nSPS) is 10.8. The van der Waals surface area contributed by atoms with Gasteiger partial charge in [-0.05, 0) is 49.7 Å². The molecule has 0 radical (unpaired) electrons. The molecule has 35 heavy (non-hydrogen) atoms. The summed E-state index contributed by atoms with van der Waals surface area (Å²) in [5.74, 6) is 0.531. The van der Waals surface area contributed by atoms with Crippen LogP contribution in [-0.2, 0) is 4.74 Å². The van der Waals surface area contributed by atoms with Crippen LogP contribution in [0.3, 0.4) is 0 Å². The Bertz CT molecular complexity index is 1460. The van der Waals surface area contributed by atoms with Crippen molar-refractivity contribution in [3.05, 3.63) is 89.5 Å². The van der Waals surface area contributed by atoms with Crippen molar-refractivity contribution in [1.82, 2.24) is 29.5 Å². The summed E-state index contributed by atoms with van der Waals surface area (Å²) in [6.45, 7) is 4.82. The van der Waals surface area contributed by atoms with Gasteiger partial charge in [0.05, 0.1) is 23.3 Å². The fourth-order valence-electron chi connectivity index (χ4n) is 3.65. The maximum Gasteiger partial charge on any atom is 0.347 e. The maximum atomic E-state index is 12.2. The van der Waals surface area contributed by atoms with Crippen LogP contribution in [0.4, 0.5) is 11.7 Å². The predicted octanol–water partition coefficient (Wildman–Crippen LogP) is 4.26. The first kappa shape index (κ1) is 24.0. The zero-order valence-electron chi connectivity index (χ0n) is 19.2. The smallest absolute Gasteiger partial charge is 0.347 e. The largest absolute Gasteiger partial charge is 0.423 e. The minimum atomic E-state index is -0.343. The Hall–Kier alpha value is -4.15. The van der Waals surface area contributed by atoms with E-state index in [-0.39, 0.29) is 18.1 Å². The van der Waals surface area contributed by atoms with Crippen LogP contribution in [0.1, 0.15) is 12.5 Å². The van der Waals surface area contributed by atoms with E-state index < -0.39 is 0 Å². The van der Waals surface area contributed by atoms with Crippen LogP contribution in [0.25, 0.3) is 22.7 Å². The highest BCUT2D eigenvalue weighted by Crippen LogP contribution is 2.32. The number of anilines is 2. The number of hydrogen-bond donors (Lipinski definition) is 1. The van der Waals surface area contributed by atoms with E-state index in [0.717, 1.165) is 22.5 Å². The van der Waals surface area contributed by atoms with Crippen LogP contribution < -0.4 is 10.6 Å². The van der Waals surface area contributed by atoms with E-state index in [2.05, 4.69) is 20.2 Å². The van der Waals surface area contributed by atoms with Gasteiger partial charge in [0.25, 0.3) is 0 Å². The number of para-hydroxylation sites is 1. The third-order valence-electron chi connectivity index (χ3n) is 5.31. The Balaban J connectivity index is 0.00000289. The summed E-state index contributed by atoms with van der Waals surface area (Å²) < 4.78 is 14.9. The van der Waals surface area contributed by atoms with Gasteiger partial charge in [0, 0.05) is 24.6 Å². The molecule has 0 saturated carbocycles. The lowest BCUT2D eigenvalue weighted by atomic mass is 10.1. The van der Waals surface area contributed by atoms with E-state index >= 15 is 0 Å². The summed E-state index contributed by atoms with van der Waals surface area (Å²) in [5, 5.41) is 8.42. The second-order valence-corrected chi connectivity index (χ2v) is 7.54. The van der Waals surface area contributed by atoms with Gasteiger partial charge in [0.2, 0.25) is 0 Å². The van der Waals surface area contributed by atoms with Crippen molar-refractivity contribution in [3.8, 4) is 22.7 Å². The maximum absolute atomic E-state index is 12.2. The Morgan fingerprint density at radius 2 is 1.94 bits per heavy atom. The monoisotopic (exact) mass is 493 g/mol. The zero-order valence-corrected chi connectivity index (χ0v) is 20.0. The van der Waals surface area contributed by atoms with Gasteiger partial charge in [-0.1, -0.05) is 18.2 Å². The second kappa shape index (κ2) is 10.4. The first-order chi connectivity index (χ1) is 16.6. The van der Waals surface area contributed by atoms with Crippen molar-refractivity contribution < 1.29 is 9.15 Å². The number of nitrogens with zero attached hydrogens (tertiary/aromatic N) is 6. The molecule has 2 aromatic carbocycles. The Morgan fingerprint density at radius 1 is 1.11 bits per heavy atom. The summed E-state index contributed by atoms with van der Waals surface area (Å²) in [7, 11) is 0. The molecule has 11 heteroatoms. The fourth-order valence-corrected chi connectivity index (χ4v) is 3.65. The van der Waals surface area contributed by atoms with Crippen LogP contribution in [0.5, 0.6) is 0 Å². The standard InChI is InChI=1S/C24H23N7O3.ClH/c1-3-33-16-29(21-8-5-4-7-17(21)2)24-25-14-22(34-24)18-11-19(30-10-6-9-27-30)13-20(12-18)31-23(32)26-15-28-31;/h4-15H,3,16H2,1-2H3,(H,26,28,32);1H. The van der Waals surface area contributed by atoms with Crippen molar-refractivity contribution in [2.75, 3.05) is 18.2 Å².